The van der Waals surface area contributed by atoms with Crippen molar-refractivity contribution in [2.45, 2.75) is 45.7 Å². The average molecular weight is 260 g/mol. The maximum Gasteiger partial charge on any atom is 0.0452 e. The molecule has 19 heavy (non-hydrogen) atoms. The van der Waals surface area contributed by atoms with Crippen molar-refractivity contribution in [1.82, 2.24) is 10.2 Å². The maximum absolute atomic E-state index is 3.67. The lowest BCUT2D eigenvalue weighted by Gasteiger charge is -2.33. The van der Waals surface area contributed by atoms with E-state index in [1.165, 1.54) is 17.5 Å². The summed E-state index contributed by atoms with van der Waals surface area (Å²) in [6, 6.07) is 10.0. The lowest BCUT2D eigenvalue weighted by molar-refractivity contribution is 0.203. The van der Waals surface area contributed by atoms with Gasteiger partial charge in [0.25, 0.3) is 0 Å². The van der Waals surface area contributed by atoms with Crippen LogP contribution in [0.5, 0.6) is 0 Å². The molecule has 0 fully saturated rings. The first-order valence-electron chi connectivity index (χ1n) is 7.59. The Kier molecular flexibility index (Phi) is 5.00. The van der Waals surface area contributed by atoms with Crippen molar-refractivity contribution in [2.24, 2.45) is 5.92 Å². The Labute approximate surface area is 118 Å². The minimum atomic E-state index is 0.490. The first-order valence-corrected chi connectivity index (χ1v) is 7.59. The summed E-state index contributed by atoms with van der Waals surface area (Å²) >= 11 is 0. The molecule has 2 heteroatoms. The van der Waals surface area contributed by atoms with E-state index in [0.29, 0.717) is 12.1 Å². The molecule has 0 spiro atoms. The van der Waals surface area contributed by atoms with Crippen LogP contribution in [-0.2, 0) is 6.42 Å². The van der Waals surface area contributed by atoms with Crippen molar-refractivity contribution in [2.75, 3.05) is 20.1 Å². The van der Waals surface area contributed by atoms with Gasteiger partial charge in [0.15, 0.2) is 0 Å². The van der Waals surface area contributed by atoms with Gasteiger partial charge >= 0.3 is 0 Å². The third kappa shape index (κ3) is 3.80. The van der Waals surface area contributed by atoms with Gasteiger partial charge in [-0.2, -0.15) is 0 Å². The second-order valence-electron chi connectivity index (χ2n) is 6.37. The van der Waals surface area contributed by atoms with E-state index in [9.17, 15) is 0 Å². The molecular weight excluding hydrogens is 232 g/mol. The number of nitrogens with one attached hydrogen (secondary N) is 1. The minimum Gasteiger partial charge on any atom is -0.309 e. The average Bonchev–Trinajstić information content (AvgIpc) is 2.38. The van der Waals surface area contributed by atoms with Crippen LogP contribution in [0.1, 0.15) is 44.4 Å². The van der Waals surface area contributed by atoms with E-state index >= 15 is 0 Å². The molecule has 0 aliphatic carbocycles. The monoisotopic (exact) mass is 260 g/mol. The van der Waals surface area contributed by atoms with E-state index in [4.69, 9.17) is 0 Å². The Balaban J connectivity index is 2.00. The van der Waals surface area contributed by atoms with E-state index in [1.54, 1.807) is 0 Å². The molecule has 1 aromatic rings. The molecule has 2 unspecified atom stereocenters. The van der Waals surface area contributed by atoms with Crippen LogP contribution in [0.4, 0.5) is 0 Å². The summed E-state index contributed by atoms with van der Waals surface area (Å²) in [5, 5.41) is 3.67. The zero-order chi connectivity index (χ0) is 13.8. The van der Waals surface area contributed by atoms with Crippen molar-refractivity contribution >= 4 is 0 Å². The second-order valence-corrected chi connectivity index (χ2v) is 6.37. The van der Waals surface area contributed by atoms with Crippen molar-refractivity contribution in [3.8, 4) is 0 Å². The van der Waals surface area contributed by atoms with Gasteiger partial charge in [0.2, 0.25) is 0 Å². The smallest absolute Gasteiger partial charge is 0.0452 e. The molecule has 0 aromatic heterocycles. The van der Waals surface area contributed by atoms with Crippen LogP contribution in [0.15, 0.2) is 24.3 Å². The molecule has 0 amide bonds. The standard InChI is InChI=1S/C17H28N2/c1-13(2)11-14(3)19(4)12-17-16-8-6-5-7-15(16)9-10-18-17/h5-8,13-14,17-18H,9-12H2,1-4H3. The first kappa shape index (κ1) is 14.5. The van der Waals surface area contributed by atoms with Gasteiger partial charge in [-0.25, -0.2) is 0 Å². The molecule has 1 aromatic carbocycles. The van der Waals surface area contributed by atoms with E-state index < -0.39 is 0 Å². The zero-order valence-electron chi connectivity index (χ0n) is 12.8. The molecule has 0 bridgehead atoms. The van der Waals surface area contributed by atoms with Gasteiger partial charge in [-0.3, -0.25) is 0 Å². The third-order valence-corrected chi connectivity index (χ3v) is 4.25. The van der Waals surface area contributed by atoms with Crippen LogP contribution >= 0.6 is 0 Å². The van der Waals surface area contributed by atoms with Crippen LogP contribution in [-0.4, -0.2) is 31.1 Å². The molecule has 106 valence electrons. The summed E-state index contributed by atoms with van der Waals surface area (Å²) in [7, 11) is 2.26. The van der Waals surface area contributed by atoms with Crippen LogP contribution < -0.4 is 5.32 Å². The largest absolute Gasteiger partial charge is 0.309 e. The Morgan fingerprint density at radius 1 is 1.26 bits per heavy atom. The van der Waals surface area contributed by atoms with Crippen molar-refractivity contribution in [3.05, 3.63) is 35.4 Å². The van der Waals surface area contributed by atoms with Crippen LogP contribution in [0.3, 0.4) is 0 Å². The predicted molar refractivity (Wildman–Crippen MR) is 82.4 cm³/mol. The highest BCUT2D eigenvalue weighted by Gasteiger charge is 2.22. The third-order valence-electron chi connectivity index (χ3n) is 4.25. The van der Waals surface area contributed by atoms with E-state index in [-0.39, 0.29) is 0 Å². The zero-order valence-corrected chi connectivity index (χ0v) is 12.8. The quantitative estimate of drug-likeness (QED) is 0.874. The topological polar surface area (TPSA) is 15.3 Å². The Hall–Kier alpha value is -0.860. The SMILES string of the molecule is CC(C)CC(C)N(C)CC1NCCc2ccccc21. The van der Waals surface area contributed by atoms with Gasteiger partial charge < -0.3 is 10.2 Å². The molecule has 0 radical (unpaired) electrons. The van der Waals surface area contributed by atoms with E-state index in [1.807, 2.05) is 0 Å². The van der Waals surface area contributed by atoms with Gasteiger partial charge in [0.05, 0.1) is 0 Å². The number of hydrogen-bond donors (Lipinski definition) is 1. The lowest BCUT2D eigenvalue weighted by atomic mass is 9.93. The molecule has 1 heterocycles. The molecular formula is C17H28N2. The van der Waals surface area contributed by atoms with Gasteiger partial charge in [-0.05, 0) is 50.4 Å². The summed E-state index contributed by atoms with van der Waals surface area (Å²) in [6.45, 7) is 9.16. The predicted octanol–water partition coefficient (Wildman–Crippen LogP) is 3.24. The summed E-state index contributed by atoms with van der Waals surface area (Å²) in [4.78, 5) is 2.50. The van der Waals surface area contributed by atoms with Crippen molar-refractivity contribution < 1.29 is 0 Å². The van der Waals surface area contributed by atoms with Crippen LogP contribution in [0.25, 0.3) is 0 Å². The normalized spacial score (nSPS) is 20.6. The molecule has 0 saturated heterocycles. The van der Waals surface area contributed by atoms with E-state index in [2.05, 4.69) is 62.3 Å². The number of fused-ring (bicyclic) bond motifs is 1. The number of likely N-dealkylation sites (N-methyl/N-ethyl adjacent to an activating group) is 1. The number of rotatable bonds is 5. The van der Waals surface area contributed by atoms with Gasteiger partial charge in [-0.1, -0.05) is 38.1 Å². The highest BCUT2D eigenvalue weighted by Crippen LogP contribution is 2.24. The molecule has 0 saturated carbocycles. The fourth-order valence-corrected chi connectivity index (χ4v) is 3.09. The maximum atomic E-state index is 3.67. The van der Waals surface area contributed by atoms with E-state index in [0.717, 1.165) is 25.4 Å². The molecule has 2 rings (SSSR count). The van der Waals surface area contributed by atoms with Gasteiger partial charge in [0.1, 0.15) is 0 Å². The van der Waals surface area contributed by atoms with Crippen LogP contribution in [0, 0.1) is 5.92 Å². The second kappa shape index (κ2) is 6.53. The summed E-state index contributed by atoms with van der Waals surface area (Å²) in [6.07, 6.45) is 2.43. The summed E-state index contributed by atoms with van der Waals surface area (Å²) < 4.78 is 0. The summed E-state index contributed by atoms with van der Waals surface area (Å²) in [5.41, 5.74) is 3.02. The summed E-state index contributed by atoms with van der Waals surface area (Å²) in [5.74, 6) is 0.768. The number of benzene rings is 1. The minimum absolute atomic E-state index is 0.490. The molecule has 1 N–H and O–H groups in total. The number of hydrogen-bond acceptors (Lipinski definition) is 2. The molecule has 2 nitrogen and oxygen atoms in total. The Bertz CT molecular complexity index is 400. The van der Waals surface area contributed by atoms with Gasteiger partial charge in [-0.15, -0.1) is 0 Å². The molecule has 2 atom stereocenters. The van der Waals surface area contributed by atoms with Crippen molar-refractivity contribution in [3.63, 3.8) is 0 Å². The lowest BCUT2D eigenvalue weighted by Crippen LogP contribution is -2.41. The fourth-order valence-electron chi connectivity index (χ4n) is 3.09. The molecule has 1 aliphatic rings. The fraction of sp³-hybridized carbons (Fsp3) is 0.647. The Morgan fingerprint density at radius 2 is 2.00 bits per heavy atom. The first-order chi connectivity index (χ1) is 9.08. The Morgan fingerprint density at radius 3 is 2.74 bits per heavy atom. The molecule has 1 aliphatic heterocycles. The highest BCUT2D eigenvalue weighted by molar-refractivity contribution is 5.32. The highest BCUT2D eigenvalue weighted by atomic mass is 15.1. The number of nitrogens with zero attached hydrogens (tertiary/aromatic N) is 1. The van der Waals surface area contributed by atoms with Crippen molar-refractivity contribution in [1.29, 1.82) is 0 Å². The van der Waals surface area contributed by atoms with Crippen LogP contribution in [0.2, 0.25) is 0 Å². The van der Waals surface area contributed by atoms with Gasteiger partial charge in [0, 0.05) is 18.6 Å².